The second-order valence-electron chi connectivity index (χ2n) is 7.25. The van der Waals surface area contributed by atoms with Gasteiger partial charge in [0.15, 0.2) is 0 Å². The highest BCUT2D eigenvalue weighted by atomic mass is 28.4. The molecule has 2 nitrogen and oxygen atoms in total. The zero-order valence-corrected chi connectivity index (χ0v) is 14.9. The summed E-state index contributed by atoms with van der Waals surface area (Å²) in [6, 6.07) is 21.9. The molecule has 1 saturated heterocycles. The summed E-state index contributed by atoms with van der Waals surface area (Å²) >= 11 is 0. The molecular formula is C19H25NOSi. The summed E-state index contributed by atoms with van der Waals surface area (Å²) in [4.78, 5) is 0. The number of anilines is 1. The van der Waals surface area contributed by atoms with Crippen LogP contribution in [0.15, 0.2) is 60.7 Å². The molecule has 2 aromatic carbocycles. The molecular weight excluding hydrogens is 286 g/mol. The van der Waals surface area contributed by atoms with Gasteiger partial charge in [-0.05, 0) is 29.3 Å². The Balaban J connectivity index is 2.11. The van der Waals surface area contributed by atoms with Crippen molar-refractivity contribution in [3.63, 3.8) is 0 Å². The average Bonchev–Trinajstić information content (AvgIpc) is 2.88. The standard InChI is InChI=1S/C19H25NOSi/c1-19(2,3)18-15-21-22(4,17-13-9-6-10-14-17)20(18)16-11-7-5-8-12-16/h5-14,18H,15H2,1-4H3/t18-,22-/m1/s1. The van der Waals surface area contributed by atoms with Gasteiger partial charge in [-0.3, -0.25) is 0 Å². The quantitative estimate of drug-likeness (QED) is 0.780. The third-order valence-electron chi connectivity index (χ3n) is 4.64. The fraction of sp³-hybridized carbons (Fsp3) is 0.368. The van der Waals surface area contributed by atoms with E-state index in [1.807, 2.05) is 0 Å². The smallest absolute Gasteiger partial charge is 0.331 e. The van der Waals surface area contributed by atoms with Gasteiger partial charge in [-0.25, -0.2) is 0 Å². The average molecular weight is 312 g/mol. The van der Waals surface area contributed by atoms with Gasteiger partial charge in [-0.2, -0.15) is 0 Å². The van der Waals surface area contributed by atoms with Crippen LogP contribution in [-0.2, 0) is 4.43 Å². The van der Waals surface area contributed by atoms with Crippen molar-refractivity contribution in [2.24, 2.45) is 5.41 Å². The molecule has 0 unspecified atom stereocenters. The van der Waals surface area contributed by atoms with Crippen LogP contribution in [0.1, 0.15) is 20.8 Å². The summed E-state index contributed by atoms with van der Waals surface area (Å²) in [5.74, 6) is 0. The van der Waals surface area contributed by atoms with Gasteiger partial charge < -0.3 is 8.99 Å². The van der Waals surface area contributed by atoms with E-state index in [0.29, 0.717) is 6.04 Å². The van der Waals surface area contributed by atoms with Crippen molar-refractivity contribution in [2.75, 3.05) is 11.2 Å². The molecule has 0 amide bonds. The first-order valence-corrected chi connectivity index (χ1v) is 10.3. The Morgan fingerprint density at radius 2 is 1.50 bits per heavy atom. The maximum Gasteiger partial charge on any atom is 0.331 e. The van der Waals surface area contributed by atoms with Gasteiger partial charge in [-0.1, -0.05) is 69.3 Å². The van der Waals surface area contributed by atoms with Gasteiger partial charge in [0.2, 0.25) is 0 Å². The van der Waals surface area contributed by atoms with Gasteiger partial charge in [0.25, 0.3) is 0 Å². The van der Waals surface area contributed by atoms with Gasteiger partial charge in [0.1, 0.15) is 0 Å². The van der Waals surface area contributed by atoms with Crippen LogP contribution in [0.5, 0.6) is 0 Å². The third-order valence-corrected chi connectivity index (χ3v) is 8.26. The highest BCUT2D eigenvalue weighted by Crippen LogP contribution is 2.38. The Bertz CT molecular complexity index is 623. The van der Waals surface area contributed by atoms with Crippen molar-refractivity contribution in [2.45, 2.75) is 33.4 Å². The van der Waals surface area contributed by atoms with Gasteiger partial charge >= 0.3 is 8.48 Å². The molecule has 0 aliphatic carbocycles. The molecule has 22 heavy (non-hydrogen) atoms. The number of hydrogen-bond acceptors (Lipinski definition) is 2. The summed E-state index contributed by atoms with van der Waals surface area (Å²) in [5.41, 5.74) is 1.45. The number of nitrogens with zero attached hydrogens (tertiary/aromatic N) is 1. The van der Waals surface area contributed by atoms with Crippen LogP contribution >= 0.6 is 0 Å². The molecule has 3 rings (SSSR count). The predicted molar refractivity (Wildman–Crippen MR) is 95.8 cm³/mol. The molecule has 0 bridgehead atoms. The van der Waals surface area contributed by atoms with E-state index in [4.69, 9.17) is 4.43 Å². The van der Waals surface area contributed by atoms with E-state index in [-0.39, 0.29) is 5.41 Å². The lowest BCUT2D eigenvalue weighted by Crippen LogP contribution is -2.61. The third kappa shape index (κ3) is 2.59. The molecule has 3 heteroatoms. The van der Waals surface area contributed by atoms with Crippen LogP contribution in [0.2, 0.25) is 6.55 Å². The topological polar surface area (TPSA) is 12.5 Å². The number of rotatable bonds is 2. The van der Waals surface area contributed by atoms with Crippen LogP contribution in [0, 0.1) is 5.41 Å². The minimum Gasteiger partial charge on any atom is -0.393 e. The minimum atomic E-state index is -2.17. The molecule has 1 fully saturated rings. The van der Waals surface area contributed by atoms with Gasteiger partial charge in [-0.15, -0.1) is 0 Å². The largest absolute Gasteiger partial charge is 0.393 e. The van der Waals surface area contributed by atoms with E-state index in [1.54, 1.807) is 0 Å². The van der Waals surface area contributed by atoms with Crippen molar-refractivity contribution < 1.29 is 4.43 Å². The first kappa shape index (κ1) is 15.3. The van der Waals surface area contributed by atoms with E-state index in [9.17, 15) is 0 Å². The lowest BCUT2D eigenvalue weighted by atomic mass is 9.87. The van der Waals surface area contributed by atoms with Gasteiger partial charge in [0, 0.05) is 5.69 Å². The van der Waals surface area contributed by atoms with Crippen molar-refractivity contribution in [3.8, 4) is 0 Å². The van der Waals surface area contributed by atoms with Gasteiger partial charge in [0.05, 0.1) is 12.6 Å². The van der Waals surface area contributed by atoms with Crippen molar-refractivity contribution >= 4 is 19.4 Å². The van der Waals surface area contributed by atoms with E-state index in [0.717, 1.165) is 6.61 Å². The van der Waals surface area contributed by atoms with Crippen LogP contribution in [0.25, 0.3) is 0 Å². The highest BCUT2D eigenvalue weighted by Gasteiger charge is 2.52. The Morgan fingerprint density at radius 3 is 2.05 bits per heavy atom. The molecule has 2 atom stereocenters. The molecule has 1 aliphatic heterocycles. The van der Waals surface area contributed by atoms with Crippen LogP contribution in [0.4, 0.5) is 5.69 Å². The fourth-order valence-corrected chi connectivity index (χ4v) is 6.88. The SMILES string of the molecule is CC(C)(C)[C@H]1CO[Si@](C)(c2ccccc2)N1c1ccccc1. The molecule has 0 radical (unpaired) electrons. The number of para-hydroxylation sites is 1. The normalized spacial score (nSPS) is 25.5. The summed E-state index contributed by atoms with van der Waals surface area (Å²) in [5, 5.41) is 1.34. The number of hydrogen-bond donors (Lipinski definition) is 0. The van der Waals surface area contributed by atoms with Crippen LogP contribution in [0.3, 0.4) is 0 Å². The van der Waals surface area contributed by atoms with Crippen molar-refractivity contribution in [3.05, 3.63) is 60.7 Å². The van der Waals surface area contributed by atoms with Crippen LogP contribution in [-0.4, -0.2) is 21.1 Å². The second-order valence-corrected chi connectivity index (χ2v) is 10.6. The summed E-state index contributed by atoms with van der Waals surface area (Å²) in [6.45, 7) is 10.0. The van der Waals surface area contributed by atoms with E-state index in [2.05, 4.69) is 92.5 Å². The second kappa shape index (κ2) is 5.56. The molecule has 1 heterocycles. The molecule has 0 aromatic heterocycles. The zero-order chi connectivity index (χ0) is 15.8. The number of benzene rings is 2. The monoisotopic (exact) mass is 311 g/mol. The van der Waals surface area contributed by atoms with E-state index >= 15 is 0 Å². The molecule has 0 saturated carbocycles. The lowest BCUT2D eigenvalue weighted by molar-refractivity contribution is 0.250. The Morgan fingerprint density at radius 1 is 0.955 bits per heavy atom. The summed E-state index contributed by atoms with van der Waals surface area (Å²) in [7, 11) is -2.17. The summed E-state index contributed by atoms with van der Waals surface area (Å²) < 4.78 is 9.08. The molecule has 0 N–H and O–H groups in total. The van der Waals surface area contributed by atoms with Crippen LogP contribution < -0.4 is 9.75 Å². The maximum absolute atomic E-state index is 6.50. The Labute approximate surface area is 134 Å². The van der Waals surface area contributed by atoms with Crippen molar-refractivity contribution in [1.29, 1.82) is 0 Å². The molecule has 116 valence electrons. The molecule has 2 aromatic rings. The zero-order valence-electron chi connectivity index (χ0n) is 13.9. The first-order valence-electron chi connectivity index (χ1n) is 7.97. The highest BCUT2D eigenvalue weighted by molar-refractivity contribution is 6.89. The Kier molecular flexibility index (Phi) is 3.87. The fourth-order valence-electron chi connectivity index (χ4n) is 3.30. The van der Waals surface area contributed by atoms with E-state index < -0.39 is 8.48 Å². The molecule has 1 aliphatic rings. The first-order chi connectivity index (χ1) is 10.4. The lowest BCUT2D eigenvalue weighted by Gasteiger charge is -2.41. The summed E-state index contributed by atoms with van der Waals surface area (Å²) in [6.07, 6.45) is 0. The van der Waals surface area contributed by atoms with E-state index in [1.165, 1.54) is 10.9 Å². The predicted octanol–water partition coefficient (Wildman–Crippen LogP) is 3.92. The maximum atomic E-state index is 6.50. The minimum absolute atomic E-state index is 0.176. The van der Waals surface area contributed by atoms with Crippen molar-refractivity contribution in [1.82, 2.24) is 0 Å². The Hall–Kier alpha value is -1.58. The molecule has 0 spiro atoms.